The van der Waals surface area contributed by atoms with Crippen LogP contribution in [0.1, 0.15) is 16.8 Å². The van der Waals surface area contributed by atoms with Crippen LogP contribution in [0.15, 0.2) is 18.5 Å². The zero-order valence-corrected chi connectivity index (χ0v) is 12.0. The maximum Gasteiger partial charge on any atom is 0.257 e. The van der Waals surface area contributed by atoms with Crippen LogP contribution in [0.2, 0.25) is 5.02 Å². The molecule has 0 aliphatic heterocycles. The number of hydrogen-bond acceptors (Lipinski definition) is 4. The number of nitrogens with zero attached hydrogens (tertiary/aromatic N) is 2. The third-order valence-corrected chi connectivity index (χ3v) is 2.96. The topological polar surface area (TPSA) is 51.7 Å². The van der Waals surface area contributed by atoms with Crippen LogP contribution >= 0.6 is 11.6 Å². The van der Waals surface area contributed by atoms with Crippen molar-refractivity contribution in [2.45, 2.75) is 6.42 Å². The molecule has 5 nitrogen and oxygen atoms in total. The number of hydrogen-bond donors (Lipinski definition) is 0. The number of amides is 1. The van der Waals surface area contributed by atoms with Crippen LogP contribution in [0.3, 0.4) is 0 Å². The first-order valence-electron chi connectivity index (χ1n) is 6.07. The SMILES string of the molecule is COCCCN(CCOC)C(=O)c1cnccc1Cl. The van der Waals surface area contributed by atoms with Crippen molar-refractivity contribution >= 4 is 17.5 Å². The molecule has 0 radical (unpaired) electrons. The van der Waals surface area contributed by atoms with E-state index in [0.717, 1.165) is 6.42 Å². The molecule has 0 aliphatic carbocycles. The summed E-state index contributed by atoms with van der Waals surface area (Å²) >= 11 is 6.02. The van der Waals surface area contributed by atoms with Crippen molar-refractivity contribution in [3.05, 3.63) is 29.0 Å². The zero-order chi connectivity index (χ0) is 14.1. The van der Waals surface area contributed by atoms with Crippen molar-refractivity contribution < 1.29 is 14.3 Å². The van der Waals surface area contributed by atoms with E-state index in [1.54, 1.807) is 31.4 Å². The summed E-state index contributed by atoms with van der Waals surface area (Å²) in [4.78, 5) is 18.0. The minimum absolute atomic E-state index is 0.133. The maximum atomic E-state index is 12.4. The van der Waals surface area contributed by atoms with Gasteiger partial charge >= 0.3 is 0 Å². The molecule has 19 heavy (non-hydrogen) atoms. The summed E-state index contributed by atoms with van der Waals surface area (Å²) in [6, 6.07) is 1.61. The predicted octanol–water partition coefficient (Wildman–Crippen LogP) is 1.86. The largest absolute Gasteiger partial charge is 0.385 e. The molecule has 1 rings (SSSR count). The fraction of sp³-hybridized carbons (Fsp3) is 0.538. The van der Waals surface area contributed by atoms with Crippen molar-refractivity contribution in [2.75, 3.05) is 40.5 Å². The van der Waals surface area contributed by atoms with Crippen LogP contribution < -0.4 is 0 Å². The summed E-state index contributed by atoms with van der Waals surface area (Å²) in [5.74, 6) is -0.133. The van der Waals surface area contributed by atoms with Crippen LogP contribution in [-0.2, 0) is 9.47 Å². The fourth-order valence-corrected chi connectivity index (χ4v) is 1.81. The van der Waals surface area contributed by atoms with E-state index in [0.29, 0.717) is 36.9 Å². The Morgan fingerprint density at radius 1 is 1.32 bits per heavy atom. The monoisotopic (exact) mass is 286 g/mol. The molecule has 0 spiro atoms. The van der Waals surface area contributed by atoms with Gasteiger partial charge in [-0.05, 0) is 12.5 Å². The molecule has 0 atom stereocenters. The highest BCUT2D eigenvalue weighted by Crippen LogP contribution is 2.16. The lowest BCUT2D eigenvalue weighted by atomic mass is 10.2. The van der Waals surface area contributed by atoms with Gasteiger partial charge in [-0.2, -0.15) is 0 Å². The quantitative estimate of drug-likeness (QED) is 0.685. The van der Waals surface area contributed by atoms with E-state index in [4.69, 9.17) is 21.1 Å². The summed E-state index contributed by atoms with van der Waals surface area (Å²) in [5.41, 5.74) is 0.415. The van der Waals surface area contributed by atoms with Crippen molar-refractivity contribution in [2.24, 2.45) is 0 Å². The molecule has 1 heterocycles. The number of methoxy groups -OCH3 is 2. The second-order valence-electron chi connectivity index (χ2n) is 3.99. The van der Waals surface area contributed by atoms with Gasteiger partial charge in [-0.1, -0.05) is 11.6 Å². The van der Waals surface area contributed by atoms with Crippen LogP contribution in [0.5, 0.6) is 0 Å². The number of pyridine rings is 1. The molecule has 1 amide bonds. The average molecular weight is 287 g/mol. The average Bonchev–Trinajstić information content (AvgIpc) is 2.42. The van der Waals surface area contributed by atoms with Crippen LogP contribution in [0, 0.1) is 0 Å². The van der Waals surface area contributed by atoms with Gasteiger partial charge in [0.2, 0.25) is 0 Å². The molecule has 106 valence electrons. The van der Waals surface area contributed by atoms with E-state index < -0.39 is 0 Å². The standard InChI is InChI=1S/C13H19ClN2O3/c1-18-8-3-6-16(7-9-19-2)13(17)11-10-15-5-4-12(11)14/h4-5,10H,3,6-9H2,1-2H3. The Hall–Kier alpha value is -1.17. The molecule has 0 aromatic carbocycles. The highest BCUT2D eigenvalue weighted by atomic mass is 35.5. The van der Waals surface area contributed by atoms with Gasteiger partial charge in [0.15, 0.2) is 0 Å². The first kappa shape index (κ1) is 15.9. The summed E-state index contributed by atoms with van der Waals surface area (Å²) in [5, 5.41) is 0.411. The van der Waals surface area contributed by atoms with Gasteiger partial charge < -0.3 is 14.4 Å². The summed E-state index contributed by atoms with van der Waals surface area (Å²) in [7, 11) is 3.24. The van der Waals surface area contributed by atoms with Crippen molar-refractivity contribution in [1.29, 1.82) is 0 Å². The zero-order valence-electron chi connectivity index (χ0n) is 11.3. The Morgan fingerprint density at radius 3 is 2.68 bits per heavy atom. The summed E-state index contributed by atoms with van der Waals surface area (Å²) in [6.45, 7) is 2.21. The van der Waals surface area contributed by atoms with E-state index in [1.807, 2.05) is 0 Å². The molecule has 0 N–H and O–H groups in total. The minimum atomic E-state index is -0.133. The molecule has 1 aromatic rings. The van der Waals surface area contributed by atoms with E-state index >= 15 is 0 Å². The van der Waals surface area contributed by atoms with Crippen LogP contribution in [0.25, 0.3) is 0 Å². The Bertz CT molecular complexity index is 401. The van der Waals surface area contributed by atoms with Gasteiger partial charge in [0.25, 0.3) is 5.91 Å². The number of halogens is 1. The van der Waals surface area contributed by atoms with Crippen molar-refractivity contribution in [3.8, 4) is 0 Å². The van der Waals surface area contributed by atoms with Gasteiger partial charge in [0, 0.05) is 46.3 Å². The van der Waals surface area contributed by atoms with Gasteiger partial charge in [0.1, 0.15) is 0 Å². The molecular formula is C13H19ClN2O3. The third kappa shape index (κ3) is 5.14. The Balaban J connectivity index is 2.72. The van der Waals surface area contributed by atoms with Crippen molar-refractivity contribution in [3.63, 3.8) is 0 Å². The van der Waals surface area contributed by atoms with E-state index in [9.17, 15) is 4.79 Å². The second-order valence-corrected chi connectivity index (χ2v) is 4.39. The van der Waals surface area contributed by atoms with Gasteiger partial charge in [-0.15, -0.1) is 0 Å². The Morgan fingerprint density at radius 2 is 2.05 bits per heavy atom. The molecular weight excluding hydrogens is 268 g/mol. The molecule has 0 saturated carbocycles. The summed E-state index contributed by atoms with van der Waals surface area (Å²) in [6.07, 6.45) is 3.81. The number of aromatic nitrogens is 1. The molecule has 1 aromatic heterocycles. The van der Waals surface area contributed by atoms with Crippen molar-refractivity contribution in [1.82, 2.24) is 9.88 Å². The Labute approximate surface area is 118 Å². The van der Waals surface area contributed by atoms with Gasteiger partial charge in [-0.3, -0.25) is 9.78 Å². The fourth-order valence-electron chi connectivity index (χ4n) is 1.62. The smallest absolute Gasteiger partial charge is 0.257 e. The lowest BCUT2D eigenvalue weighted by molar-refractivity contribution is 0.0674. The lowest BCUT2D eigenvalue weighted by Gasteiger charge is -2.22. The first-order valence-corrected chi connectivity index (χ1v) is 6.45. The highest BCUT2D eigenvalue weighted by Gasteiger charge is 2.18. The van der Waals surface area contributed by atoms with Crippen LogP contribution in [0.4, 0.5) is 0 Å². The van der Waals surface area contributed by atoms with Crippen LogP contribution in [-0.4, -0.2) is 56.3 Å². The lowest BCUT2D eigenvalue weighted by Crippen LogP contribution is -2.35. The molecule has 0 bridgehead atoms. The van der Waals surface area contributed by atoms with Gasteiger partial charge in [-0.25, -0.2) is 0 Å². The highest BCUT2D eigenvalue weighted by molar-refractivity contribution is 6.33. The molecule has 6 heteroatoms. The minimum Gasteiger partial charge on any atom is -0.385 e. The number of ether oxygens (including phenoxy) is 2. The molecule has 0 aliphatic rings. The summed E-state index contributed by atoms with van der Waals surface area (Å²) < 4.78 is 10.0. The first-order chi connectivity index (χ1) is 9.20. The van der Waals surface area contributed by atoms with E-state index in [-0.39, 0.29) is 5.91 Å². The normalized spacial score (nSPS) is 10.5. The van der Waals surface area contributed by atoms with E-state index in [2.05, 4.69) is 4.98 Å². The van der Waals surface area contributed by atoms with E-state index in [1.165, 1.54) is 6.20 Å². The number of rotatable bonds is 8. The predicted molar refractivity (Wildman–Crippen MR) is 73.5 cm³/mol. The molecule has 0 saturated heterocycles. The molecule has 0 unspecified atom stereocenters. The second kappa shape index (κ2) is 8.85. The Kier molecular flexibility index (Phi) is 7.40. The molecule has 0 fully saturated rings. The number of carbonyl (C=O) groups excluding carboxylic acids is 1. The third-order valence-electron chi connectivity index (χ3n) is 2.63. The maximum absolute atomic E-state index is 12.4. The number of carbonyl (C=O) groups is 1. The van der Waals surface area contributed by atoms with Gasteiger partial charge in [0.05, 0.1) is 17.2 Å².